The molecule has 0 spiro atoms. The van der Waals surface area contributed by atoms with Crippen molar-refractivity contribution in [1.82, 2.24) is 0 Å². The molecule has 0 N–H and O–H groups in total. The number of hydrogen-bond acceptors (Lipinski definition) is 1. The third-order valence-corrected chi connectivity index (χ3v) is 2.36. The van der Waals surface area contributed by atoms with Crippen LogP contribution in [0.3, 0.4) is 0 Å². The normalized spacial score (nSPS) is 16.5. The summed E-state index contributed by atoms with van der Waals surface area (Å²) in [5.74, 6) is 0.0940. The van der Waals surface area contributed by atoms with E-state index < -0.39 is 6.36 Å². The predicted molar refractivity (Wildman–Crippen MR) is 49.6 cm³/mol. The molecule has 1 fully saturated rings. The first-order valence-electron chi connectivity index (χ1n) is 4.68. The average molecular weight is 215 g/mol. The van der Waals surface area contributed by atoms with Gasteiger partial charge in [-0.3, -0.25) is 0 Å². The van der Waals surface area contributed by atoms with Crippen molar-refractivity contribution in [3.63, 3.8) is 0 Å². The minimum Gasteiger partial charge on any atom is -0.405 e. The second kappa shape index (κ2) is 3.43. The summed E-state index contributed by atoms with van der Waals surface area (Å²) < 4.78 is 40.4. The zero-order chi connectivity index (χ0) is 11.1. The van der Waals surface area contributed by atoms with Crippen LogP contribution in [-0.2, 0) is 0 Å². The van der Waals surface area contributed by atoms with Gasteiger partial charge in [-0.25, -0.2) is 0 Å². The van der Waals surface area contributed by atoms with E-state index in [4.69, 9.17) is 0 Å². The van der Waals surface area contributed by atoms with Gasteiger partial charge < -0.3 is 4.74 Å². The summed E-state index contributed by atoms with van der Waals surface area (Å²) in [6, 6.07) is 4.90. The van der Waals surface area contributed by atoms with Crippen molar-refractivity contribution < 1.29 is 17.9 Å². The maximum Gasteiger partial charge on any atom is 0.573 e. The largest absolute Gasteiger partial charge is 0.573 e. The van der Waals surface area contributed by atoms with Gasteiger partial charge in [0, 0.05) is 0 Å². The summed E-state index contributed by atoms with van der Waals surface area (Å²) in [6.07, 6.45) is -2.78. The topological polar surface area (TPSA) is 9.23 Å². The molecule has 1 nitrogen and oxygen atoms in total. The zero-order valence-electron chi connectivity index (χ0n) is 7.97. The molecule has 1 aliphatic rings. The van der Waals surface area contributed by atoms with Gasteiger partial charge in [0.05, 0.1) is 0 Å². The van der Waals surface area contributed by atoms with Crippen LogP contribution in [0.25, 0.3) is 0 Å². The monoisotopic (exact) mass is 215 g/mol. The van der Waals surface area contributed by atoms with Crippen LogP contribution < -0.4 is 4.74 Å². The Hall–Kier alpha value is -1.19. The first kappa shape index (κ1) is 10.3. The van der Waals surface area contributed by atoms with E-state index in [0.717, 1.165) is 12.8 Å². The quantitative estimate of drug-likeness (QED) is 0.731. The van der Waals surface area contributed by atoms with Crippen molar-refractivity contribution in [2.45, 2.75) is 25.1 Å². The lowest BCUT2D eigenvalue weighted by molar-refractivity contribution is -0.275. The van der Waals surface area contributed by atoms with Gasteiger partial charge in [0.15, 0.2) is 0 Å². The van der Waals surface area contributed by atoms with E-state index in [2.05, 4.69) is 11.7 Å². The molecule has 81 valence electrons. The van der Waals surface area contributed by atoms with Crippen molar-refractivity contribution in [2.24, 2.45) is 0 Å². The molecule has 0 bridgehead atoms. The Morgan fingerprint density at radius 2 is 1.93 bits per heavy atom. The standard InChI is InChI=1S/C11H10F3O/c1-7-3-2-4-9(8-5-6-8)10(7)15-11(12,13)14/h2-4,8H,1,5-6H2. The van der Waals surface area contributed by atoms with Crippen LogP contribution >= 0.6 is 0 Å². The summed E-state index contributed by atoms with van der Waals surface area (Å²) in [7, 11) is 0. The molecule has 0 aliphatic heterocycles. The predicted octanol–water partition coefficient (Wildman–Crippen LogP) is 3.64. The number of benzene rings is 1. The first-order chi connectivity index (χ1) is 6.97. The molecule has 0 amide bonds. The molecule has 4 heteroatoms. The van der Waals surface area contributed by atoms with Crippen molar-refractivity contribution >= 4 is 0 Å². The Kier molecular flexibility index (Phi) is 2.37. The SMILES string of the molecule is [CH2]c1cccc(C2CC2)c1OC(F)(F)F. The Labute approximate surface area is 85.9 Å². The van der Waals surface area contributed by atoms with Crippen LogP contribution in [-0.4, -0.2) is 6.36 Å². The zero-order valence-corrected chi connectivity index (χ0v) is 7.97. The molecule has 1 aliphatic carbocycles. The summed E-state index contributed by atoms with van der Waals surface area (Å²) in [4.78, 5) is 0. The number of alkyl halides is 3. The lowest BCUT2D eigenvalue weighted by atomic mass is 10.1. The van der Waals surface area contributed by atoms with Crippen LogP contribution in [0.4, 0.5) is 13.2 Å². The summed E-state index contributed by atoms with van der Waals surface area (Å²) in [6.45, 7) is 3.55. The molecular formula is C11H10F3O. The third-order valence-electron chi connectivity index (χ3n) is 2.36. The van der Waals surface area contributed by atoms with Crippen molar-refractivity contribution in [3.05, 3.63) is 36.2 Å². The van der Waals surface area contributed by atoms with E-state index in [1.54, 1.807) is 12.1 Å². The van der Waals surface area contributed by atoms with E-state index in [0.29, 0.717) is 5.56 Å². The number of rotatable bonds is 2. The molecule has 1 aromatic carbocycles. The molecule has 0 atom stereocenters. The average Bonchev–Trinajstić information content (AvgIpc) is 2.89. The van der Waals surface area contributed by atoms with E-state index in [-0.39, 0.29) is 17.2 Å². The molecular weight excluding hydrogens is 205 g/mol. The number of halogens is 3. The van der Waals surface area contributed by atoms with Crippen LogP contribution in [0, 0.1) is 6.92 Å². The van der Waals surface area contributed by atoms with Crippen molar-refractivity contribution in [1.29, 1.82) is 0 Å². The highest BCUT2D eigenvalue weighted by Crippen LogP contribution is 2.46. The maximum absolute atomic E-state index is 12.1. The van der Waals surface area contributed by atoms with Crippen LogP contribution in [0.15, 0.2) is 18.2 Å². The lowest BCUT2D eigenvalue weighted by Crippen LogP contribution is -2.18. The van der Waals surface area contributed by atoms with Gasteiger partial charge in [-0.05, 0) is 36.8 Å². The smallest absolute Gasteiger partial charge is 0.405 e. The van der Waals surface area contributed by atoms with E-state index in [1.807, 2.05) is 0 Å². The Morgan fingerprint density at radius 1 is 1.27 bits per heavy atom. The molecule has 15 heavy (non-hydrogen) atoms. The second-order valence-electron chi connectivity index (χ2n) is 3.66. The van der Waals surface area contributed by atoms with Gasteiger partial charge >= 0.3 is 6.36 Å². The molecule has 1 aromatic rings. The van der Waals surface area contributed by atoms with Gasteiger partial charge in [0.1, 0.15) is 5.75 Å². The fourth-order valence-corrected chi connectivity index (χ4v) is 1.56. The molecule has 0 unspecified atom stereocenters. The molecule has 1 radical (unpaired) electrons. The molecule has 0 saturated heterocycles. The molecule has 0 heterocycles. The first-order valence-corrected chi connectivity index (χ1v) is 4.68. The highest BCUT2D eigenvalue weighted by molar-refractivity contribution is 5.46. The summed E-state index contributed by atoms with van der Waals surface area (Å²) >= 11 is 0. The minimum atomic E-state index is -4.64. The molecule has 2 rings (SSSR count). The van der Waals surface area contributed by atoms with Crippen LogP contribution in [0.5, 0.6) is 5.75 Å². The van der Waals surface area contributed by atoms with E-state index in [1.165, 1.54) is 6.07 Å². The third kappa shape index (κ3) is 2.43. The van der Waals surface area contributed by atoms with Crippen LogP contribution in [0.2, 0.25) is 0 Å². The maximum atomic E-state index is 12.1. The van der Waals surface area contributed by atoms with E-state index >= 15 is 0 Å². The Morgan fingerprint density at radius 3 is 2.47 bits per heavy atom. The van der Waals surface area contributed by atoms with Gasteiger partial charge in [0.2, 0.25) is 0 Å². The summed E-state index contributed by atoms with van der Waals surface area (Å²) in [5, 5.41) is 0. The highest BCUT2D eigenvalue weighted by Gasteiger charge is 2.35. The highest BCUT2D eigenvalue weighted by atomic mass is 19.4. The molecule has 0 aromatic heterocycles. The number of ether oxygens (including phenoxy) is 1. The Balaban J connectivity index is 2.34. The number of hydrogen-bond donors (Lipinski definition) is 0. The lowest BCUT2D eigenvalue weighted by Gasteiger charge is -2.15. The van der Waals surface area contributed by atoms with Gasteiger partial charge in [-0.2, -0.15) is 0 Å². The van der Waals surface area contributed by atoms with Crippen molar-refractivity contribution in [2.75, 3.05) is 0 Å². The van der Waals surface area contributed by atoms with Crippen LogP contribution in [0.1, 0.15) is 29.9 Å². The second-order valence-corrected chi connectivity index (χ2v) is 3.66. The summed E-state index contributed by atoms with van der Waals surface area (Å²) in [5.41, 5.74) is 0.913. The van der Waals surface area contributed by atoms with Gasteiger partial charge in [-0.1, -0.05) is 18.2 Å². The Bertz CT molecular complexity index is 367. The fraction of sp³-hybridized carbons (Fsp3) is 0.364. The molecule has 1 saturated carbocycles. The van der Waals surface area contributed by atoms with E-state index in [9.17, 15) is 13.2 Å². The minimum absolute atomic E-state index is 0.118. The number of para-hydroxylation sites is 1. The van der Waals surface area contributed by atoms with Gasteiger partial charge in [0.25, 0.3) is 0 Å². The fourth-order valence-electron chi connectivity index (χ4n) is 1.56. The van der Waals surface area contributed by atoms with Gasteiger partial charge in [-0.15, -0.1) is 13.2 Å². The van der Waals surface area contributed by atoms with Crippen molar-refractivity contribution in [3.8, 4) is 5.75 Å².